The number of carboxylic acid groups (broad SMARTS) is 1. The van der Waals surface area contributed by atoms with Gasteiger partial charge in [0, 0.05) is 6.54 Å². The zero-order valence-corrected chi connectivity index (χ0v) is 12.3. The van der Waals surface area contributed by atoms with E-state index in [1.807, 2.05) is 0 Å². The molecule has 5 nitrogen and oxygen atoms in total. The zero-order valence-electron chi connectivity index (χ0n) is 12.3. The molecule has 0 heterocycles. The van der Waals surface area contributed by atoms with Crippen molar-refractivity contribution >= 4 is 12.0 Å². The average Bonchev–Trinajstić information content (AvgIpc) is 2.33. The molecule has 20 heavy (non-hydrogen) atoms. The first kappa shape index (κ1) is 15.1. The molecule has 0 aromatic rings. The molecule has 2 saturated carbocycles. The van der Waals surface area contributed by atoms with Crippen LogP contribution in [0.3, 0.4) is 0 Å². The summed E-state index contributed by atoms with van der Waals surface area (Å²) >= 11 is 0. The first-order valence-electron chi connectivity index (χ1n) is 7.81. The summed E-state index contributed by atoms with van der Waals surface area (Å²) in [6, 6.07) is -0.337. The lowest BCUT2D eigenvalue weighted by Crippen LogP contribution is -2.61. The lowest BCUT2D eigenvalue weighted by molar-refractivity contribution is -0.148. The van der Waals surface area contributed by atoms with Crippen molar-refractivity contribution in [1.82, 2.24) is 10.6 Å². The van der Waals surface area contributed by atoms with Crippen LogP contribution in [0, 0.1) is 11.8 Å². The van der Waals surface area contributed by atoms with Crippen molar-refractivity contribution in [2.75, 3.05) is 6.54 Å². The number of carbonyl (C=O) groups excluding carboxylic acids is 1. The molecule has 0 aromatic carbocycles. The van der Waals surface area contributed by atoms with Crippen molar-refractivity contribution in [3.05, 3.63) is 0 Å². The fraction of sp³-hybridized carbons (Fsp3) is 0.867. The maximum atomic E-state index is 11.8. The highest BCUT2D eigenvalue weighted by Crippen LogP contribution is 2.32. The van der Waals surface area contributed by atoms with E-state index in [0.29, 0.717) is 25.3 Å². The molecule has 5 heteroatoms. The van der Waals surface area contributed by atoms with Crippen LogP contribution in [0.2, 0.25) is 0 Å². The van der Waals surface area contributed by atoms with Gasteiger partial charge in [0.05, 0.1) is 0 Å². The van der Waals surface area contributed by atoms with Gasteiger partial charge >= 0.3 is 12.0 Å². The largest absolute Gasteiger partial charge is 0.480 e. The monoisotopic (exact) mass is 282 g/mol. The maximum absolute atomic E-state index is 11.8. The number of hydrogen-bond donors (Lipinski definition) is 3. The van der Waals surface area contributed by atoms with E-state index in [-0.39, 0.29) is 6.03 Å². The Morgan fingerprint density at radius 3 is 2.55 bits per heavy atom. The van der Waals surface area contributed by atoms with Crippen LogP contribution in [0.4, 0.5) is 4.79 Å². The maximum Gasteiger partial charge on any atom is 0.329 e. The van der Waals surface area contributed by atoms with E-state index in [1.165, 1.54) is 25.7 Å². The molecule has 0 saturated heterocycles. The first-order valence-corrected chi connectivity index (χ1v) is 7.81. The third kappa shape index (κ3) is 3.64. The number of nitrogens with one attached hydrogen (secondary N) is 2. The lowest BCUT2D eigenvalue weighted by Gasteiger charge is -2.38. The third-order valence-corrected chi connectivity index (χ3v) is 4.85. The summed E-state index contributed by atoms with van der Waals surface area (Å²) in [7, 11) is 0. The molecule has 114 valence electrons. The van der Waals surface area contributed by atoms with Crippen molar-refractivity contribution < 1.29 is 14.7 Å². The fourth-order valence-electron chi connectivity index (χ4n) is 3.40. The van der Waals surface area contributed by atoms with Crippen molar-refractivity contribution in [3.8, 4) is 0 Å². The smallest absolute Gasteiger partial charge is 0.329 e. The van der Waals surface area contributed by atoms with Gasteiger partial charge in [-0.25, -0.2) is 9.59 Å². The molecular formula is C15H26N2O3. The average molecular weight is 282 g/mol. The Balaban J connectivity index is 1.66. The predicted molar refractivity (Wildman–Crippen MR) is 76.5 cm³/mol. The minimum atomic E-state index is -1.01. The van der Waals surface area contributed by atoms with Gasteiger partial charge in [-0.3, -0.25) is 0 Å². The number of carbonyl (C=O) groups is 2. The SMILES string of the molecule is CC1CCCC(CCNC(=O)NC2(C(=O)O)CCC2)C1. The third-order valence-electron chi connectivity index (χ3n) is 4.85. The van der Waals surface area contributed by atoms with Gasteiger partial charge in [-0.1, -0.05) is 26.2 Å². The van der Waals surface area contributed by atoms with Gasteiger partial charge in [-0.05, 0) is 43.9 Å². The summed E-state index contributed by atoms with van der Waals surface area (Å²) in [4.78, 5) is 22.9. The molecule has 0 spiro atoms. The van der Waals surface area contributed by atoms with Crippen LogP contribution in [0.25, 0.3) is 0 Å². The topological polar surface area (TPSA) is 78.4 Å². The summed E-state index contributed by atoms with van der Waals surface area (Å²) in [5, 5.41) is 14.6. The van der Waals surface area contributed by atoms with Crippen molar-refractivity contribution in [2.45, 2.75) is 63.8 Å². The van der Waals surface area contributed by atoms with Crippen LogP contribution >= 0.6 is 0 Å². The van der Waals surface area contributed by atoms with Crippen LogP contribution in [-0.2, 0) is 4.79 Å². The molecule has 2 fully saturated rings. The van der Waals surface area contributed by atoms with Gasteiger partial charge in [0.2, 0.25) is 0 Å². The lowest BCUT2D eigenvalue weighted by atomic mass is 9.77. The Labute approximate surface area is 120 Å². The Hall–Kier alpha value is -1.26. The van der Waals surface area contributed by atoms with E-state index in [0.717, 1.165) is 18.8 Å². The van der Waals surface area contributed by atoms with E-state index < -0.39 is 11.5 Å². The van der Waals surface area contributed by atoms with Gasteiger partial charge < -0.3 is 15.7 Å². The summed E-state index contributed by atoms with van der Waals surface area (Å²) in [5.74, 6) is 0.587. The van der Waals surface area contributed by atoms with Crippen LogP contribution in [0.5, 0.6) is 0 Å². The van der Waals surface area contributed by atoms with Crippen LogP contribution < -0.4 is 10.6 Å². The summed E-state index contributed by atoms with van der Waals surface area (Å²) in [6.07, 6.45) is 8.07. The van der Waals surface area contributed by atoms with Gasteiger partial charge in [-0.15, -0.1) is 0 Å². The fourth-order valence-corrected chi connectivity index (χ4v) is 3.40. The molecule has 2 unspecified atom stereocenters. The molecule has 2 aliphatic carbocycles. The highest BCUT2D eigenvalue weighted by Gasteiger charge is 2.45. The Morgan fingerprint density at radius 2 is 2.00 bits per heavy atom. The molecule has 2 amide bonds. The van der Waals surface area contributed by atoms with E-state index in [2.05, 4.69) is 17.6 Å². The van der Waals surface area contributed by atoms with Crippen molar-refractivity contribution in [3.63, 3.8) is 0 Å². The molecule has 2 rings (SSSR count). The molecule has 0 bridgehead atoms. The molecule has 3 N–H and O–H groups in total. The van der Waals surface area contributed by atoms with Gasteiger partial charge in [-0.2, -0.15) is 0 Å². The molecule has 0 radical (unpaired) electrons. The Kier molecular flexibility index (Phi) is 4.89. The number of amides is 2. The number of hydrogen-bond acceptors (Lipinski definition) is 2. The quantitative estimate of drug-likeness (QED) is 0.725. The van der Waals surface area contributed by atoms with Crippen LogP contribution in [0.1, 0.15) is 58.3 Å². The number of aliphatic carboxylic acids is 1. The number of urea groups is 1. The second-order valence-electron chi connectivity index (χ2n) is 6.55. The minimum Gasteiger partial charge on any atom is -0.480 e. The minimum absolute atomic E-state index is 0.337. The number of carboxylic acids is 1. The molecule has 0 aromatic heterocycles. The molecule has 2 aliphatic rings. The van der Waals surface area contributed by atoms with Gasteiger partial charge in [0.25, 0.3) is 0 Å². The predicted octanol–water partition coefficient (Wildman–Crippen LogP) is 2.51. The highest BCUT2D eigenvalue weighted by molar-refractivity contribution is 5.87. The zero-order chi connectivity index (χ0) is 14.6. The van der Waals surface area contributed by atoms with E-state index in [9.17, 15) is 9.59 Å². The van der Waals surface area contributed by atoms with Crippen LogP contribution in [-0.4, -0.2) is 29.2 Å². The molecule has 2 atom stereocenters. The van der Waals surface area contributed by atoms with E-state index >= 15 is 0 Å². The second-order valence-corrected chi connectivity index (χ2v) is 6.55. The summed E-state index contributed by atoms with van der Waals surface area (Å²) in [6.45, 7) is 2.93. The van der Waals surface area contributed by atoms with Crippen molar-refractivity contribution in [1.29, 1.82) is 0 Å². The Bertz CT molecular complexity index is 366. The summed E-state index contributed by atoms with van der Waals surface area (Å²) in [5.41, 5.74) is -1.01. The van der Waals surface area contributed by atoms with Gasteiger partial charge in [0.1, 0.15) is 5.54 Å². The molecule has 0 aliphatic heterocycles. The molecular weight excluding hydrogens is 256 g/mol. The van der Waals surface area contributed by atoms with E-state index in [4.69, 9.17) is 5.11 Å². The van der Waals surface area contributed by atoms with E-state index in [1.54, 1.807) is 0 Å². The normalized spacial score (nSPS) is 28.2. The second kappa shape index (κ2) is 6.46. The highest BCUT2D eigenvalue weighted by atomic mass is 16.4. The Morgan fingerprint density at radius 1 is 1.25 bits per heavy atom. The van der Waals surface area contributed by atoms with Gasteiger partial charge in [0.15, 0.2) is 0 Å². The van der Waals surface area contributed by atoms with Crippen LogP contribution in [0.15, 0.2) is 0 Å². The number of rotatable bonds is 5. The van der Waals surface area contributed by atoms with Crippen molar-refractivity contribution in [2.24, 2.45) is 11.8 Å². The summed E-state index contributed by atoms with van der Waals surface area (Å²) < 4.78 is 0. The standard InChI is InChI=1S/C15H26N2O3/c1-11-4-2-5-12(10-11)6-9-16-14(20)17-15(13(18)19)7-3-8-15/h11-12H,2-10H2,1H3,(H,18,19)(H2,16,17,20). The first-order chi connectivity index (χ1) is 9.52.